The van der Waals surface area contributed by atoms with Crippen molar-refractivity contribution in [1.29, 1.82) is 0 Å². The molecule has 1 heteroatoms. The molecule has 0 spiro atoms. The lowest BCUT2D eigenvalue weighted by atomic mass is 10.1. The van der Waals surface area contributed by atoms with Gasteiger partial charge in [-0.05, 0) is 24.8 Å². The van der Waals surface area contributed by atoms with Crippen LogP contribution < -0.4 is 0 Å². The molecule has 0 aromatic carbocycles. The molecular formula is C9H10S. The van der Waals surface area contributed by atoms with Crippen molar-refractivity contribution in [2.75, 3.05) is 0 Å². The van der Waals surface area contributed by atoms with Gasteiger partial charge in [0.1, 0.15) is 0 Å². The molecule has 2 aliphatic rings. The summed E-state index contributed by atoms with van der Waals surface area (Å²) >= 11 is 1.92. The summed E-state index contributed by atoms with van der Waals surface area (Å²) in [5, 5.41) is 2.85. The Labute approximate surface area is 65.7 Å². The third kappa shape index (κ3) is 0.702. The number of rotatable bonds is 0. The van der Waals surface area contributed by atoms with Gasteiger partial charge in [-0.2, -0.15) is 0 Å². The summed E-state index contributed by atoms with van der Waals surface area (Å²) in [5.41, 5.74) is 4.47. The summed E-state index contributed by atoms with van der Waals surface area (Å²) in [6.45, 7) is 4.42. The Balaban J connectivity index is 2.41. The normalized spacial score (nSPS) is 29.4. The van der Waals surface area contributed by atoms with Crippen molar-refractivity contribution >= 4 is 11.8 Å². The van der Waals surface area contributed by atoms with Crippen LogP contribution in [-0.2, 0) is 0 Å². The Hall–Kier alpha value is -0.430. The summed E-state index contributed by atoms with van der Waals surface area (Å²) in [5.74, 6) is 0. The fraction of sp³-hybridized carbons (Fsp3) is 0.333. The molecule has 0 aromatic rings. The van der Waals surface area contributed by atoms with Gasteiger partial charge in [0, 0.05) is 0 Å². The van der Waals surface area contributed by atoms with E-state index in [0.717, 1.165) is 0 Å². The van der Waals surface area contributed by atoms with Crippen molar-refractivity contribution in [3.05, 3.63) is 34.3 Å². The zero-order valence-corrected chi connectivity index (χ0v) is 7.03. The standard InChI is InChI=1S/C9H10S/c1-6-5-8-3-4-10-9(8)7(6)2/h3-5,9H,1-2H3/t9-/m0/s1. The number of hydrogen-bond donors (Lipinski definition) is 0. The molecule has 1 heterocycles. The zero-order chi connectivity index (χ0) is 7.14. The molecule has 1 aliphatic heterocycles. The Kier molecular flexibility index (Phi) is 1.27. The molecule has 0 saturated carbocycles. The maximum Gasteiger partial charge on any atom is 0.0551 e. The van der Waals surface area contributed by atoms with Crippen LogP contribution in [0.5, 0.6) is 0 Å². The minimum absolute atomic E-state index is 0.667. The van der Waals surface area contributed by atoms with Gasteiger partial charge in [0.15, 0.2) is 0 Å². The quantitative estimate of drug-likeness (QED) is 0.511. The molecule has 0 fully saturated rings. The van der Waals surface area contributed by atoms with Crippen molar-refractivity contribution in [2.24, 2.45) is 0 Å². The minimum Gasteiger partial charge on any atom is -0.121 e. The number of hydrogen-bond acceptors (Lipinski definition) is 1. The van der Waals surface area contributed by atoms with Crippen LogP contribution in [0.25, 0.3) is 0 Å². The molecular weight excluding hydrogens is 140 g/mol. The highest BCUT2D eigenvalue weighted by Crippen LogP contribution is 2.40. The first-order valence-electron chi connectivity index (χ1n) is 3.50. The van der Waals surface area contributed by atoms with Gasteiger partial charge in [-0.1, -0.05) is 23.3 Å². The van der Waals surface area contributed by atoms with Crippen LogP contribution in [0.4, 0.5) is 0 Å². The third-order valence-electron chi connectivity index (χ3n) is 2.18. The lowest BCUT2D eigenvalue weighted by Gasteiger charge is -2.05. The van der Waals surface area contributed by atoms with E-state index in [1.54, 1.807) is 0 Å². The van der Waals surface area contributed by atoms with Crippen molar-refractivity contribution in [3.63, 3.8) is 0 Å². The fourth-order valence-electron chi connectivity index (χ4n) is 1.41. The minimum atomic E-state index is 0.667. The summed E-state index contributed by atoms with van der Waals surface area (Å²) in [4.78, 5) is 0. The lowest BCUT2D eigenvalue weighted by molar-refractivity contribution is 1.21. The topological polar surface area (TPSA) is 0 Å². The molecule has 1 atom stereocenters. The Morgan fingerprint density at radius 2 is 2.20 bits per heavy atom. The Morgan fingerprint density at radius 3 is 2.90 bits per heavy atom. The average molecular weight is 150 g/mol. The van der Waals surface area contributed by atoms with E-state index in [-0.39, 0.29) is 0 Å². The smallest absolute Gasteiger partial charge is 0.0551 e. The SMILES string of the molecule is CC1=C(C)[C@@H]2SC=CC2=C1. The van der Waals surface area contributed by atoms with E-state index in [1.165, 1.54) is 16.7 Å². The second-order valence-corrected chi connectivity index (χ2v) is 3.84. The zero-order valence-electron chi connectivity index (χ0n) is 6.22. The summed E-state index contributed by atoms with van der Waals surface area (Å²) < 4.78 is 0. The molecule has 2 rings (SSSR count). The first-order valence-corrected chi connectivity index (χ1v) is 4.44. The molecule has 0 aromatic heterocycles. The van der Waals surface area contributed by atoms with E-state index in [2.05, 4.69) is 31.4 Å². The molecule has 0 nitrogen and oxygen atoms in total. The van der Waals surface area contributed by atoms with E-state index in [4.69, 9.17) is 0 Å². The first-order chi connectivity index (χ1) is 4.79. The van der Waals surface area contributed by atoms with Gasteiger partial charge < -0.3 is 0 Å². The van der Waals surface area contributed by atoms with Crippen molar-refractivity contribution in [2.45, 2.75) is 19.1 Å². The second-order valence-electron chi connectivity index (χ2n) is 2.83. The predicted molar refractivity (Wildman–Crippen MR) is 47.0 cm³/mol. The Morgan fingerprint density at radius 1 is 1.40 bits per heavy atom. The highest BCUT2D eigenvalue weighted by atomic mass is 32.2. The predicted octanol–water partition coefficient (Wildman–Crippen LogP) is 2.89. The maximum absolute atomic E-state index is 2.29. The molecule has 0 radical (unpaired) electrons. The molecule has 10 heavy (non-hydrogen) atoms. The highest BCUT2D eigenvalue weighted by molar-refractivity contribution is 8.03. The van der Waals surface area contributed by atoms with Crippen LogP contribution in [0.2, 0.25) is 0 Å². The molecule has 52 valence electrons. The van der Waals surface area contributed by atoms with Gasteiger partial charge in [0.25, 0.3) is 0 Å². The summed E-state index contributed by atoms with van der Waals surface area (Å²) in [7, 11) is 0. The molecule has 0 bridgehead atoms. The third-order valence-corrected chi connectivity index (χ3v) is 3.37. The number of allylic oxidation sites excluding steroid dienone is 3. The van der Waals surface area contributed by atoms with Crippen molar-refractivity contribution in [3.8, 4) is 0 Å². The molecule has 0 N–H and O–H groups in total. The average Bonchev–Trinajstić information content (AvgIpc) is 2.41. The number of thioether (sulfide) groups is 1. The van der Waals surface area contributed by atoms with E-state index in [1.807, 2.05) is 11.8 Å². The van der Waals surface area contributed by atoms with Gasteiger partial charge in [-0.25, -0.2) is 0 Å². The monoisotopic (exact) mass is 150 g/mol. The van der Waals surface area contributed by atoms with Gasteiger partial charge in [-0.15, -0.1) is 11.8 Å². The van der Waals surface area contributed by atoms with Crippen LogP contribution in [0, 0.1) is 0 Å². The summed E-state index contributed by atoms with van der Waals surface area (Å²) in [6, 6.07) is 0. The molecule has 0 unspecified atom stereocenters. The maximum atomic E-state index is 2.29. The molecule has 1 aliphatic carbocycles. The lowest BCUT2D eigenvalue weighted by Crippen LogP contribution is -1.97. The molecule has 0 saturated heterocycles. The van der Waals surface area contributed by atoms with E-state index < -0.39 is 0 Å². The molecule has 0 amide bonds. The highest BCUT2D eigenvalue weighted by Gasteiger charge is 2.24. The van der Waals surface area contributed by atoms with Crippen LogP contribution in [0.1, 0.15) is 13.8 Å². The van der Waals surface area contributed by atoms with Crippen LogP contribution in [0.3, 0.4) is 0 Å². The Bertz CT molecular complexity index is 256. The van der Waals surface area contributed by atoms with E-state index in [9.17, 15) is 0 Å². The van der Waals surface area contributed by atoms with Gasteiger partial charge >= 0.3 is 0 Å². The van der Waals surface area contributed by atoms with Gasteiger partial charge in [0.05, 0.1) is 5.25 Å². The van der Waals surface area contributed by atoms with Crippen molar-refractivity contribution in [1.82, 2.24) is 0 Å². The fourth-order valence-corrected chi connectivity index (χ4v) is 2.50. The van der Waals surface area contributed by atoms with E-state index in [0.29, 0.717) is 5.25 Å². The van der Waals surface area contributed by atoms with E-state index >= 15 is 0 Å². The largest absolute Gasteiger partial charge is 0.121 e. The van der Waals surface area contributed by atoms with Gasteiger partial charge in [-0.3, -0.25) is 0 Å². The number of fused-ring (bicyclic) bond motifs is 1. The van der Waals surface area contributed by atoms with Gasteiger partial charge in [0.2, 0.25) is 0 Å². The van der Waals surface area contributed by atoms with Crippen LogP contribution >= 0.6 is 11.8 Å². The summed E-state index contributed by atoms with van der Waals surface area (Å²) in [6.07, 6.45) is 4.51. The van der Waals surface area contributed by atoms with Crippen molar-refractivity contribution < 1.29 is 0 Å². The van der Waals surface area contributed by atoms with Crippen LogP contribution in [-0.4, -0.2) is 5.25 Å². The van der Waals surface area contributed by atoms with Crippen LogP contribution in [0.15, 0.2) is 34.3 Å². The first kappa shape index (κ1) is 6.29. The second kappa shape index (κ2) is 2.03.